The lowest BCUT2D eigenvalue weighted by Crippen LogP contribution is -2.44. The maximum Gasteiger partial charge on any atom is 0.247 e. The normalized spacial score (nSPS) is 16.1. The van der Waals surface area contributed by atoms with Gasteiger partial charge in [0.1, 0.15) is 17.7 Å². The van der Waals surface area contributed by atoms with Crippen molar-refractivity contribution in [3.63, 3.8) is 0 Å². The van der Waals surface area contributed by atoms with Crippen LogP contribution in [0.5, 0.6) is 0 Å². The molecule has 1 fully saturated rings. The van der Waals surface area contributed by atoms with Crippen molar-refractivity contribution in [2.75, 3.05) is 50.0 Å². The number of piperazine rings is 1. The minimum Gasteiger partial charge on any atom is -0.368 e. The number of nitrogens with one attached hydrogen (secondary N) is 2. The SMILES string of the molecule is Cc1ccc([C@H](C)CN[C@H](C(=O)Nc2ccc(N3CCN(C)CC3)cn2)c2cccc(F)c2)cc1. The van der Waals surface area contributed by atoms with E-state index in [1.807, 2.05) is 12.1 Å². The van der Waals surface area contributed by atoms with E-state index in [0.29, 0.717) is 17.9 Å². The van der Waals surface area contributed by atoms with Gasteiger partial charge >= 0.3 is 0 Å². The number of amides is 1. The number of benzene rings is 2. The molecule has 1 aliphatic heterocycles. The Hall–Kier alpha value is -3.29. The van der Waals surface area contributed by atoms with Gasteiger partial charge in [0.25, 0.3) is 0 Å². The van der Waals surface area contributed by atoms with Crippen LogP contribution in [0.25, 0.3) is 0 Å². The fourth-order valence-corrected chi connectivity index (χ4v) is 4.27. The minimum absolute atomic E-state index is 0.181. The highest BCUT2D eigenvalue weighted by molar-refractivity contribution is 5.94. The summed E-state index contributed by atoms with van der Waals surface area (Å²) in [6.07, 6.45) is 1.80. The van der Waals surface area contributed by atoms with Crippen LogP contribution >= 0.6 is 0 Å². The highest BCUT2D eigenvalue weighted by Crippen LogP contribution is 2.21. The summed E-state index contributed by atoms with van der Waals surface area (Å²) in [5.41, 5.74) is 4.01. The standard InChI is InChI=1S/C28H34FN5O/c1-20-7-9-22(10-8-20)21(2)18-31-27(23-5-4-6-24(29)17-23)28(35)32-26-12-11-25(19-30-26)34-15-13-33(3)14-16-34/h4-12,17,19,21,27,31H,13-16,18H2,1-3H3,(H,30,32,35)/t21-,27+/m1/s1. The lowest BCUT2D eigenvalue weighted by Gasteiger charge is -2.33. The van der Waals surface area contributed by atoms with Crippen LogP contribution in [0.4, 0.5) is 15.9 Å². The highest BCUT2D eigenvalue weighted by Gasteiger charge is 2.23. The molecule has 1 aromatic heterocycles. The first-order valence-corrected chi connectivity index (χ1v) is 12.1. The van der Waals surface area contributed by atoms with Gasteiger partial charge in [-0.15, -0.1) is 0 Å². The molecule has 1 aliphatic rings. The number of pyridine rings is 1. The molecule has 3 aromatic rings. The minimum atomic E-state index is -0.710. The molecule has 2 aromatic carbocycles. The molecule has 1 amide bonds. The number of anilines is 2. The van der Waals surface area contributed by atoms with Crippen molar-refractivity contribution in [3.8, 4) is 0 Å². The number of halogens is 1. The van der Waals surface area contributed by atoms with Crippen molar-refractivity contribution in [2.24, 2.45) is 0 Å². The molecule has 0 aliphatic carbocycles. The number of hydrogen-bond acceptors (Lipinski definition) is 5. The van der Waals surface area contributed by atoms with E-state index in [2.05, 4.69) is 70.6 Å². The quantitative estimate of drug-likeness (QED) is 0.507. The van der Waals surface area contributed by atoms with Gasteiger partial charge < -0.3 is 20.4 Å². The monoisotopic (exact) mass is 475 g/mol. The molecular weight excluding hydrogens is 441 g/mol. The van der Waals surface area contributed by atoms with Crippen molar-refractivity contribution in [1.82, 2.24) is 15.2 Å². The lowest BCUT2D eigenvalue weighted by molar-refractivity contribution is -0.118. The Bertz CT molecular complexity index is 1110. The molecule has 184 valence electrons. The van der Waals surface area contributed by atoms with Crippen molar-refractivity contribution >= 4 is 17.4 Å². The zero-order valence-electron chi connectivity index (χ0n) is 20.7. The summed E-state index contributed by atoms with van der Waals surface area (Å²) in [7, 11) is 2.12. The molecular formula is C28H34FN5O. The summed E-state index contributed by atoms with van der Waals surface area (Å²) in [5.74, 6) is 0.0120. The Kier molecular flexibility index (Phi) is 8.10. The van der Waals surface area contributed by atoms with Crippen LogP contribution in [0.2, 0.25) is 0 Å². The van der Waals surface area contributed by atoms with Crippen molar-refractivity contribution < 1.29 is 9.18 Å². The van der Waals surface area contributed by atoms with Crippen LogP contribution in [-0.4, -0.2) is 55.6 Å². The second kappa shape index (κ2) is 11.4. The Balaban J connectivity index is 1.44. The summed E-state index contributed by atoms with van der Waals surface area (Å²) in [5, 5.41) is 6.25. The van der Waals surface area contributed by atoms with Crippen molar-refractivity contribution in [2.45, 2.75) is 25.8 Å². The van der Waals surface area contributed by atoms with E-state index in [1.54, 1.807) is 18.3 Å². The zero-order chi connectivity index (χ0) is 24.8. The fourth-order valence-electron chi connectivity index (χ4n) is 4.27. The first-order valence-electron chi connectivity index (χ1n) is 12.1. The predicted octanol–water partition coefficient (Wildman–Crippen LogP) is 4.35. The molecule has 35 heavy (non-hydrogen) atoms. The van der Waals surface area contributed by atoms with Crippen LogP contribution in [-0.2, 0) is 4.79 Å². The molecule has 2 atom stereocenters. The molecule has 0 spiro atoms. The first-order chi connectivity index (χ1) is 16.9. The van der Waals surface area contributed by atoms with Gasteiger partial charge in [0.05, 0.1) is 11.9 Å². The zero-order valence-corrected chi connectivity index (χ0v) is 20.7. The van der Waals surface area contributed by atoms with Crippen LogP contribution in [0, 0.1) is 12.7 Å². The number of likely N-dealkylation sites (N-methyl/N-ethyl adjacent to an activating group) is 1. The Morgan fingerprint density at radius 1 is 1.03 bits per heavy atom. The molecule has 2 heterocycles. The number of carbonyl (C=O) groups excluding carboxylic acids is 1. The molecule has 6 nitrogen and oxygen atoms in total. The van der Waals surface area contributed by atoms with Gasteiger partial charge in [0, 0.05) is 32.7 Å². The summed E-state index contributed by atoms with van der Waals surface area (Å²) in [4.78, 5) is 22.4. The molecule has 1 saturated heterocycles. The summed E-state index contributed by atoms with van der Waals surface area (Å²) < 4.78 is 14.0. The maximum atomic E-state index is 14.0. The molecule has 4 rings (SSSR count). The first kappa shape index (κ1) is 24.8. The van der Waals surface area contributed by atoms with Gasteiger partial charge in [-0.2, -0.15) is 0 Å². The summed E-state index contributed by atoms with van der Waals surface area (Å²) >= 11 is 0. The van der Waals surface area contributed by atoms with Gasteiger partial charge in [-0.25, -0.2) is 9.37 Å². The fraction of sp³-hybridized carbons (Fsp3) is 0.357. The average molecular weight is 476 g/mol. The van der Waals surface area contributed by atoms with Crippen LogP contribution in [0.15, 0.2) is 66.9 Å². The number of hydrogen-bond donors (Lipinski definition) is 2. The van der Waals surface area contributed by atoms with E-state index in [9.17, 15) is 9.18 Å². The number of aromatic nitrogens is 1. The van der Waals surface area contributed by atoms with E-state index in [1.165, 1.54) is 23.3 Å². The average Bonchev–Trinajstić information content (AvgIpc) is 2.85. The largest absolute Gasteiger partial charge is 0.368 e. The highest BCUT2D eigenvalue weighted by atomic mass is 19.1. The Labute approximate surface area is 207 Å². The molecule has 0 saturated carbocycles. The smallest absolute Gasteiger partial charge is 0.247 e. The second-order valence-electron chi connectivity index (χ2n) is 9.39. The third-order valence-electron chi connectivity index (χ3n) is 6.59. The lowest BCUT2D eigenvalue weighted by atomic mass is 9.98. The predicted molar refractivity (Wildman–Crippen MR) is 139 cm³/mol. The second-order valence-corrected chi connectivity index (χ2v) is 9.39. The van der Waals surface area contributed by atoms with E-state index in [4.69, 9.17) is 0 Å². The molecule has 0 radical (unpaired) electrons. The number of carbonyl (C=O) groups is 1. The van der Waals surface area contributed by atoms with Crippen molar-refractivity contribution in [1.29, 1.82) is 0 Å². The van der Waals surface area contributed by atoms with Crippen molar-refractivity contribution in [3.05, 3.63) is 89.4 Å². The van der Waals surface area contributed by atoms with E-state index in [0.717, 1.165) is 31.9 Å². The van der Waals surface area contributed by atoms with Gasteiger partial charge in [-0.3, -0.25) is 4.79 Å². The molecule has 0 bridgehead atoms. The van der Waals surface area contributed by atoms with Gasteiger partial charge in [-0.05, 0) is 55.3 Å². The topological polar surface area (TPSA) is 60.5 Å². The Morgan fingerprint density at radius 2 is 1.77 bits per heavy atom. The van der Waals surface area contributed by atoms with E-state index >= 15 is 0 Å². The Morgan fingerprint density at radius 3 is 2.43 bits per heavy atom. The van der Waals surface area contributed by atoms with Gasteiger partial charge in [0.2, 0.25) is 5.91 Å². The molecule has 7 heteroatoms. The third kappa shape index (κ3) is 6.65. The number of rotatable bonds is 8. The third-order valence-corrected chi connectivity index (χ3v) is 6.59. The van der Waals surface area contributed by atoms with Crippen LogP contribution in [0.1, 0.15) is 35.6 Å². The molecule has 0 unspecified atom stereocenters. The van der Waals surface area contributed by atoms with Gasteiger partial charge in [0.15, 0.2) is 0 Å². The van der Waals surface area contributed by atoms with Gasteiger partial charge in [-0.1, -0.05) is 48.9 Å². The van der Waals surface area contributed by atoms with E-state index in [-0.39, 0.29) is 17.6 Å². The molecule has 2 N–H and O–H groups in total. The van der Waals surface area contributed by atoms with E-state index < -0.39 is 6.04 Å². The van der Waals surface area contributed by atoms with Crippen LogP contribution < -0.4 is 15.5 Å². The summed E-state index contributed by atoms with van der Waals surface area (Å²) in [6, 6.07) is 17.6. The summed E-state index contributed by atoms with van der Waals surface area (Å²) in [6.45, 7) is 8.66. The van der Waals surface area contributed by atoms with Crippen LogP contribution in [0.3, 0.4) is 0 Å². The number of nitrogens with zero attached hydrogens (tertiary/aromatic N) is 3. The number of aryl methyl sites for hydroxylation is 1. The maximum absolute atomic E-state index is 14.0.